The normalized spacial score (nSPS) is 56.3. The fourth-order valence-electron chi connectivity index (χ4n) is 3.26. The molecule has 0 aromatic carbocycles. The number of aliphatic hydroxyl groups is 2. The summed E-state index contributed by atoms with van der Waals surface area (Å²) in [6.07, 6.45) is 5.39. The van der Waals surface area contributed by atoms with Gasteiger partial charge < -0.3 is 10.2 Å². The smallest absolute Gasteiger partial charge is 0.0687 e. The van der Waals surface area contributed by atoms with Gasteiger partial charge in [-0.3, -0.25) is 0 Å². The number of alkyl halides is 1. The van der Waals surface area contributed by atoms with Gasteiger partial charge in [-0.1, -0.05) is 22.6 Å². The van der Waals surface area contributed by atoms with Crippen LogP contribution in [0.2, 0.25) is 0 Å². The summed E-state index contributed by atoms with van der Waals surface area (Å²) in [4.78, 5) is 0. The second kappa shape index (κ2) is 2.83. The molecule has 2 N–H and O–H groups in total. The van der Waals surface area contributed by atoms with Crippen molar-refractivity contribution in [3.05, 3.63) is 0 Å². The summed E-state index contributed by atoms with van der Waals surface area (Å²) in [5.41, 5.74) is -1.24. The highest BCUT2D eigenvalue weighted by Gasteiger charge is 2.52. The topological polar surface area (TPSA) is 40.5 Å². The van der Waals surface area contributed by atoms with Gasteiger partial charge in [0.2, 0.25) is 0 Å². The minimum atomic E-state index is -0.658. The molecule has 2 saturated carbocycles. The lowest BCUT2D eigenvalue weighted by molar-refractivity contribution is -0.119. The van der Waals surface area contributed by atoms with Crippen LogP contribution in [0.15, 0.2) is 0 Å². The van der Waals surface area contributed by atoms with E-state index in [0.29, 0.717) is 6.42 Å². The first kappa shape index (κ1) is 10.2. The number of fused-ring (bicyclic) bond motifs is 2. The summed E-state index contributed by atoms with van der Waals surface area (Å²) < 4.78 is 0.145. The van der Waals surface area contributed by atoms with Crippen LogP contribution < -0.4 is 0 Å². The molecule has 0 aliphatic heterocycles. The van der Waals surface area contributed by atoms with Crippen molar-refractivity contribution in [2.24, 2.45) is 0 Å². The number of hydrogen-bond acceptors (Lipinski definition) is 2. The quantitative estimate of drug-likeness (QED) is 0.530. The van der Waals surface area contributed by atoms with Gasteiger partial charge in [0.1, 0.15) is 0 Å². The summed E-state index contributed by atoms with van der Waals surface area (Å²) in [5.74, 6) is 0. The number of hydrogen-bond donors (Lipinski definition) is 2. The summed E-state index contributed by atoms with van der Waals surface area (Å²) in [6.45, 7) is 1.86. The van der Waals surface area contributed by atoms with Crippen molar-refractivity contribution >= 4 is 22.6 Å². The van der Waals surface area contributed by atoms with Crippen molar-refractivity contribution in [3.8, 4) is 0 Å². The molecule has 0 saturated heterocycles. The summed E-state index contributed by atoms with van der Waals surface area (Å²) in [5, 5.41) is 20.3. The van der Waals surface area contributed by atoms with Crippen molar-refractivity contribution in [1.82, 2.24) is 0 Å². The fourth-order valence-corrected chi connectivity index (χ4v) is 5.17. The third kappa shape index (κ3) is 2.02. The number of halogens is 1. The van der Waals surface area contributed by atoms with Crippen LogP contribution in [0.4, 0.5) is 0 Å². The van der Waals surface area contributed by atoms with E-state index in [1.807, 2.05) is 6.92 Å². The minimum Gasteiger partial charge on any atom is -0.390 e. The lowest BCUT2D eigenvalue weighted by Gasteiger charge is -2.52. The maximum atomic E-state index is 10.2. The highest BCUT2D eigenvalue weighted by atomic mass is 127. The van der Waals surface area contributed by atoms with Crippen molar-refractivity contribution < 1.29 is 10.2 Å². The molecular formula is C10H17IO2. The van der Waals surface area contributed by atoms with Crippen molar-refractivity contribution in [1.29, 1.82) is 0 Å². The molecule has 2 rings (SSSR count). The van der Waals surface area contributed by atoms with Crippen LogP contribution in [0.5, 0.6) is 0 Å². The molecule has 3 heteroatoms. The Labute approximate surface area is 92.9 Å². The van der Waals surface area contributed by atoms with E-state index in [4.69, 9.17) is 0 Å². The largest absolute Gasteiger partial charge is 0.390 e. The Bertz CT molecular complexity index is 201. The van der Waals surface area contributed by atoms with Crippen LogP contribution >= 0.6 is 22.6 Å². The van der Waals surface area contributed by atoms with Gasteiger partial charge in [0.15, 0.2) is 0 Å². The molecule has 0 radical (unpaired) electrons. The molecule has 13 heavy (non-hydrogen) atoms. The van der Waals surface area contributed by atoms with Crippen molar-refractivity contribution in [2.75, 3.05) is 0 Å². The molecule has 0 spiro atoms. The zero-order valence-corrected chi connectivity index (χ0v) is 10.2. The van der Waals surface area contributed by atoms with E-state index in [9.17, 15) is 10.2 Å². The van der Waals surface area contributed by atoms with Gasteiger partial charge in [-0.15, -0.1) is 0 Å². The second-order valence-corrected chi connectivity index (χ2v) is 7.54. The molecule has 0 aromatic heterocycles. The maximum Gasteiger partial charge on any atom is 0.0687 e. The standard InChI is InChI=1S/C10H17IO2/c1-8(12)5-9(11)3-2-4-10(13,6-8)7-9/h12-13H,2-7H2,1H3. The molecule has 2 nitrogen and oxygen atoms in total. The van der Waals surface area contributed by atoms with Gasteiger partial charge in [0.25, 0.3) is 0 Å². The average molecular weight is 296 g/mol. The van der Waals surface area contributed by atoms with E-state index in [-0.39, 0.29) is 3.42 Å². The Hall–Kier alpha value is 0.650. The van der Waals surface area contributed by atoms with Gasteiger partial charge in [-0.25, -0.2) is 0 Å². The summed E-state index contributed by atoms with van der Waals surface area (Å²) >= 11 is 2.44. The van der Waals surface area contributed by atoms with Gasteiger partial charge in [0.05, 0.1) is 11.2 Å². The van der Waals surface area contributed by atoms with Crippen LogP contribution in [0, 0.1) is 0 Å². The highest BCUT2D eigenvalue weighted by molar-refractivity contribution is 14.1. The third-order valence-electron chi connectivity index (χ3n) is 3.32. The molecule has 3 atom stereocenters. The van der Waals surface area contributed by atoms with E-state index in [2.05, 4.69) is 22.6 Å². The van der Waals surface area contributed by atoms with Gasteiger partial charge >= 0.3 is 0 Å². The monoisotopic (exact) mass is 296 g/mol. The summed E-state index contributed by atoms with van der Waals surface area (Å²) in [6, 6.07) is 0. The predicted octanol–water partition coefficient (Wildman–Crippen LogP) is 2.01. The first-order chi connectivity index (χ1) is 5.83. The number of rotatable bonds is 0. The zero-order chi connectivity index (χ0) is 9.74. The Balaban J connectivity index is 2.26. The second-order valence-electron chi connectivity index (χ2n) is 5.26. The van der Waals surface area contributed by atoms with Crippen LogP contribution in [0.25, 0.3) is 0 Å². The van der Waals surface area contributed by atoms with E-state index < -0.39 is 11.2 Å². The van der Waals surface area contributed by atoms with E-state index in [0.717, 1.165) is 32.1 Å². The molecule has 0 aromatic rings. The van der Waals surface area contributed by atoms with E-state index >= 15 is 0 Å². The lowest BCUT2D eigenvalue weighted by atomic mass is 9.64. The van der Waals surface area contributed by atoms with Crippen molar-refractivity contribution in [3.63, 3.8) is 0 Å². The maximum absolute atomic E-state index is 10.2. The van der Waals surface area contributed by atoms with Crippen LogP contribution in [0.1, 0.15) is 45.4 Å². The van der Waals surface area contributed by atoms with Crippen LogP contribution in [-0.2, 0) is 0 Å². The lowest BCUT2D eigenvalue weighted by Crippen LogP contribution is -2.55. The van der Waals surface area contributed by atoms with E-state index in [1.165, 1.54) is 0 Å². The fraction of sp³-hybridized carbons (Fsp3) is 1.00. The molecule has 2 bridgehead atoms. The molecule has 2 aliphatic carbocycles. The zero-order valence-electron chi connectivity index (χ0n) is 8.02. The molecular weight excluding hydrogens is 279 g/mol. The Morgan fingerprint density at radius 2 is 1.77 bits per heavy atom. The van der Waals surface area contributed by atoms with Crippen LogP contribution in [0.3, 0.4) is 0 Å². The predicted molar refractivity (Wildman–Crippen MR) is 60.0 cm³/mol. The van der Waals surface area contributed by atoms with Gasteiger partial charge in [0, 0.05) is 9.84 Å². The van der Waals surface area contributed by atoms with Gasteiger partial charge in [-0.2, -0.15) is 0 Å². The SMILES string of the molecule is CC1(O)CC2(O)CCCC(I)(C1)C2. The molecule has 0 heterocycles. The Kier molecular flexibility index (Phi) is 2.21. The third-order valence-corrected chi connectivity index (χ3v) is 4.62. The first-order valence-corrected chi connectivity index (χ1v) is 6.04. The Morgan fingerprint density at radius 3 is 2.38 bits per heavy atom. The summed E-state index contributed by atoms with van der Waals surface area (Å²) in [7, 11) is 0. The molecule has 0 amide bonds. The first-order valence-electron chi connectivity index (χ1n) is 4.96. The molecule has 3 unspecified atom stereocenters. The van der Waals surface area contributed by atoms with Crippen molar-refractivity contribution in [2.45, 2.75) is 60.1 Å². The van der Waals surface area contributed by atoms with Gasteiger partial charge in [-0.05, 0) is 39.0 Å². The Morgan fingerprint density at radius 1 is 1.08 bits per heavy atom. The van der Waals surface area contributed by atoms with E-state index in [1.54, 1.807) is 0 Å². The molecule has 2 aliphatic rings. The molecule has 76 valence electrons. The average Bonchev–Trinajstić information content (AvgIpc) is 1.76. The molecule has 2 fully saturated rings. The van der Waals surface area contributed by atoms with Crippen LogP contribution in [-0.4, -0.2) is 24.8 Å². The minimum absolute atomic E-state index is 0.145. The highest BCUT2D eigenvalue weighted by Crippen LogP contribution is 2.53.